The Bertz CT molecular complexity index is 750. The summed E-state index contributed by atoms with van der Waals surface area (Å²) in [6.07, 6.45) is 0.884. The van der Waals surface area contributed by atoms with Crippen LogP contribution in [0.5, 0.6) is 17.2 Å². The van der Waals surface area contributed by atoms with Gasteiger partial charge in [0, 0.05) is 18.7 Å². The van der Waals surface area contributed by atoms with Gasteiger partial charge in [-0.2, -0.15) is 0 Å². The van der Waals surface area contributed by atoms with E-state index in [0.717, 1.165) is 35.9 Å². The van der Waals surface area contributed by atoms with Gasteiger partial charge in [0.25, 0.3) is 0 Å². The van der Waals surface area contributed by atoms with E-state index in [9.17, 15) is 0 Å². The van der Waals surface area contributed by atoms with Gasteiger partial charge in [-0.1, -0.05) is 12.1 Å². The molecule has 0 spiro atoms. The molecule has 0 saturated heterocycles. The van der Waals surface area contributed by atoms with E-state index in [0.29, 0.717) is 5.11 Å². The van der Waals surface area contributed by atoms with Crippen LogP contribution in [0.25, 0.3) is 0 Å². The Labute approximate surface area is 167 Å². The molecule has 1 N–H and O–H groups in total. The summed E-state index contributed by atoms with van der Waals surface area (Å²) < 4.78 is 16.0. The third-order valence-corrected chi connectivity index (χ3v) is 4.81. The number of benzene rings is 2. The molecular weight excluding hydrogens is 360 g/mol. The van der Waals surface area contributed by atoms with E-state index in [4.69, 9.17) is 26.4 Å². The summed E-state index contributed by atoms with van der Waals surface area (Å²) >= 11 is 5.67. The van der Waals surface area contributed by atoms with E-state index < -0.39 is 0 Å². The van der Waals surface area contributed by atoms with Crippen LogP contribution in [0.15, 0.2) is 42.5 Å². The average molecular weight is 389 g/mol. The van der Waals surface area contributed by atoms with Crippen molar-refractivity contribution in [3.05, 3.63) is 48.0 Å². The minimum atomic E-state index is 0.236. The molecule has 1 unspecified atom stereocenters. The lowest BCUT2D eigenvalue weighted by Gasteiger charge is -2.31. The minimum absolute atomic E-state index is 0.236. The van der Waals surface area contributed by atoms with Crippen molar-refractivity contribution in [2.75, 3.05) is 33.2 Å². The van der Waals surface area contributed by atoms with Gasteiger partial charge in [0.2, 0.25) is 0 Å². The van der Waals surface area contributed by atoms with Gasteiger partial charge in [-0.3, -0.25) is 0 Å². The van der Waals surface area contributed by atoms with E-state index in [2.05, 4.69) is 36.2 Å². The van der Waals surface area contributed by atoms with Crippen molar-refractivity contribution >= 4 is 23.0 Å². The standard InChI is InChI=1S/C21H28N2O3S/c1-6-23(15(2)13-16-7-9-17(24-3)10-8-16)21(27)22-19-14-18(25-4)11-12-20(19)26-5/h7-12,14-15H,6,13H2,1-5H3,(H,22,27). The normalized spacial score (nSPS) is 11.4. The van der Waals surface area contributed by atoms with Gasteiger partial charge < -0.3 is 24.4 Å². The molecule has 0 aliphatic carbocycles. The second-order valence-electron chi connectivity index (χ2n) is 6.18. The van der Waals surface area contributed by atoms with E-state index in [-0.39, 0.29) is 6.04 Å². The van der Waals surface area contributed by atoms with Crippen molar-refractivity contribution < 1.29 is 14.2 Å². The first kappa shape index (κ1) is 20.8. The molecule has 0 aromatic heterocycles. The Balaban J connectivity index is 2.10. The number of rotatable bonds is 8. The molecule has 6 heteroatoms. The number of hydrogen-bond acceptors (Lipinski definition) is 4. The van der Waals surface area contributed by atoms with Gasteiger partial charge in [0.05, 0.1) is 27.0 Å². The lowest BCUT2D eigenvalue weighted by atomic mass is 10.1. The Hall–Kier alpha value is -2.47. The van der Waals surface area contributed by atoms with E-state index in [1.165, 1.54) is 5.56 Å². The van der Waals surface area contributed by atoms with Crippen LogP contribution in [-0.4, -0.2) is 43.9 Å². The van der Waals surface area contributed by atoms with Gasteiger partial charge in [-0.15, -0.1) is 0 Å². The highest BCUT2D eigenvalue weighted by Gasteiger charge is 2.17. The second kappa shape index (κ2) is 10.0. The summed E-state index contributed by atoms with van der Waals surface area (Å²) in [6.45, 7) is 5.07. The lowest BCUT2D eigenvalue weighted by molar-refractivity contribution is 0.347. The molecule has 0 radical (unpaired) electrons. The van der Waals surface area contributed by atoms with E-state index in [1.54, 1.807) is 21.3 Å². The summed E-state index contributed by atoms with van der Waals surface area (Å²) in [5, 5.41) is 3.96. The number of hydrogen-bond donors (Lipinski definition) is 1. The fourth-order valence-electron chi connectivity index (χ4n) is 2.97. The molecule has 0 saturated carbocycles. The number of ether oxygens (including phenoxy) is 3. The first-order chi connectivity index (χ1) is 13.0. The molecule has 2 rings (SSSR count). The van der Waals surface area contributed by atoms with Gasteiger partial charge in [0.15, 0.2) is 5.11 Å². The maximum atomic E-state index is 5.67. The van der Waals surface area contributed by atoms with Crippen molar-refractivity contribution in [2.24, 2.45) is 0 Å². The van der Waals surface area contributed by atoms with Crippen LogP contribution in [0.2, 0.25) is 0 Å². The number of methoxy groups -OCH3 is 3. The van der Waals surface area contributed by atoms with Crippen LogP contribution < -0.4 is 19.5 Å². The van der Waals surface area contributed by atoms with Crippen LogP contribution >= 0.6 is 12.2 Å². The molecule has 1 atom stereocenters. The topological polar surface area (TPSA) is 43.0 Å². The molecule has 0 bridgehead atoms. The molecule has 146 valence electrons. The quantitative estimate of drug-likeness (QED) is 0.678. The predicted octanol–water partition coefficient (Wildman–Crippen LogP) is 4.36. The van der Waals surface area contributed by atoms with Crippen LogP contribution in [0.3, 0.4) is 0 Å². The molecule has 0 aliphatic rings. The summed E-state index contributed by atoms with van der Waals surface area (Å²) in [7, 11) is 4.95. The zero-order chi connectivity index (χ0) is 19.8. The van der Waals surface area contributed by atoms with Crippen molar-refractivity contribution in [1.82, 2.24) is 4.90 Å². The highest BCUT2D eigenvalue weighted by atomic mass is 32.1. The number of thiocarbonyl (C=S) groups is 1. The van der Waals surface area contributed by atoms with Crippen molar-refractivity contribution in [3.63, 3.8) is 0 Å². The Kier molecular flexibility index (Phi) is 7.73. The zero-order valence-corrected chi connectivity index (χ0v) is 17.4. The maximum Gasteiger partial charge on any atom is 0.173 e. The largest absolute Gasteiger partial charge is 0.497 e. The van der Waals surface area contributed by atoms with Crippen LogP contribution in [0.1, 0.15) is 19.4 Å². The molecule has 0 heterocycles. The minimum Gasteiger partial charge on any atom is -0.497 e. The summed E-state index contributed by atoms with van der Waals surface area (Å²) in [4.78, 5) is 2.17. The van der Waals surface area contributed by atoms with E-state index >= 15 is 0 Å². The summed E-state index contributed by atoms with van der Waals surface area (Å²) in [6, 6.07) is 14.0. The Morgan fingerprint density at radius 3 is 2.19 bits per heavy atom. The highest BCUT2D eigenvalue weighted by Crippen LogP contribution is 2.29. The number of likely N-dealkylation sites (N-methyl/N-ethyl adjacent to an activating group) is 1. The summed E-state index contributed by atoms with van der Waals surface area (Å²) in [5.41, 5.74) is 2.03. The second-order valence-corrected chi connectivity index (χ2v) is 6.57. The van der Waals surface area contributed by atoms with Gasteiger partial charge >= 0.3 is 0 Å². The molecule has 0 aliphatic heterocycles. The van der Waals surface area contributed by atoms with Crippen LogP contribution in [0.4, 0.5) is 5.69 Å². The molecule has 0 amide bonds. The van der Waals surface area contributed by atoms with Crippen LogP contribution in [-0.2, 0) is 6.42 Å². The third-order valence-electron chi connectivity index (χ3n) is 4.47. The van der Waals surface area contributed by atoms with Crippen LogP contribution in [0, 0.1) is 0 Å². The van der Waals surface area contributed by atoms with Gasteiger partial charge in [-0.25, -0.2) is 0 Å². The first-order valence-electron chi connectivity index (χ1n) is 8.94. The monoisotopic (exact) mass is 388 g/mol. The van der Waals surface area contributed by atoms with Crippen molar-refractivity contribution in [3.8, 4) is 17.2 Å². The first-order valence-corrected chi connectivity index (χ1v) is 9.35. The molecule has 2 aromatic rings. The smallest absolute Gasteiger partial charge is 0.173 e. The molecule has 2 aromatic carbocycles. The van der Waals surface area contributed by atoms with Gasteiger partial charge in [0.1, 0.15) is 17.2 Å². The third kappa shape index (κ3) is 5.50. The SMILES string of the molecule is CCN(C(=S)Nc1cc(OC)ccc1OC)C(C)Cc1ccc(OC)cc1. The Morgan fingerprint density at radius 2 is 1.63 bits per heavy atom. The molecule has 27 heavy (non-hydrogen) atoms. The Morgan fingerprint density at radius 1 is 1.00 bits per heavy atom. The van der Waals surface area contributed by atoms with Crippen molar-refractivity contribution in [2.45, 2.75) is 26.3 Å². The molecule has 0 fully saturated rings. The summed E-state index contributed by atoms with van der Waals surface area (Å²) in [5.74, 6) is 2.33. The number of nitrogens with zero attached hydrogens (tertiary/aromatic N) is 1. The van der Waals surface area contributed by atoms with Crippen molar-refractivity contribution in [1.29, 1.82) is 0 Å². The van der Waals surface area contributed by atoms with Gasteiger partial charge in [-0.05, 0) is 62.3 Å². The lowest BCUT2D eigenvalue weighted by Crippen LogP contribution is -2.42. The fraction of sp³-hybridized carbons (Fsp3) is 0.381. The highest BCUT2D eigenvalue weighted by molar-refractivity contribution is 7.80. The zero-order valence-electron chi connectivity index (χ0n) is 16.6. The molecule has 5 nitrogen and oxygen atoms in total. The number of anilines is 1. The number of nitrogens with one attached hydrogen (secondary N) is 1. The molecular formula is C21H28N2O3S. The fourth-order valence-corrected chi connectivity index (χ4v) is 3.39. The average Bonchev–Trinajstić information content (AvgIpc) is 2.69. The van der Waals surface area contributed by atoms with E-state index in [1.807, 2.05) is 30.3 Å². The maximum absolute atomic E-state index is 5.67. The predicted molar refractivity (Wildman–Crippen MR) is 114 cm³/mol.